The molecule has 0 aliphatic carbocycles. The number of thioether (sulfide) groups is 1. The van der Waals surface area contributed by atoms with Gasteiger partial charge in [-0.3, -0.25) is 4.79 Å². The molecule has 0 saturated heterocycles. The predicted molar refractivity (Wildman–Crippen MR) is 80.5 cm³/mol. The van der Waals surface area contributed by atoms with Crippen LogP contribution in [0, 0.1) is 0 Å². The van der Waals surface area contributed by atoms with E-state index in [1.807, 2.05) is 19.1 Å². The molecule has 1 atom stereocenters. The van der Waals surface area contributed by atoms with Gasteiger partial charge in [-0.15, -0.1) is 11.8 Å². The Morgan fingerprint density at radius 3 is 2.89 bits per heavy atom. The maximum absolute atomic E-state index is 11.3. The molecular weight excluding hydrogens is 258 g/mol. The first kappa shape index (κ1) is 16.1. The van der Waals surface area contributed by atoms with Gasteiger partial charge in [-0.25, -0.2) is 0 Å². The lowest BCUT2D eigenvalue weighted by Crippen LogP contribution is -2.19. The average molecular weight is 281 g/mol. The SMILES string of the molecule is CCCNC(C)c1cccc(SCC(=O)OCC)c1. The zero-order valence-electron chi connectivity index (χ0n) is 11.9. The van der Waals surface area contributed by atoms with Crippen molar-refractivity contribution in [2.45, 2.75) is 38.1 Å². The molecule has 4 heteroatoms. The number of carbonyl (C=O) groups is 1. The second-order valence-electron chi connectivity index (χ2n) is 4.34. The van der Waals surface area contributed by atoms with Crippen LogP contribution in [0.4, 0.5) is 0 Å². The second-order valence-corrected chi connectivity index (χ2v) is 5.39. The number of hydrogen-bond acceptors (Lipinski definition) is 4. The molecule has 1 aromatic rings. The van der Waals surface area contributed by atoms with Gasteiger partial charge in [0.25, 0.3) is 0 Å². The van der Waals surface area contributed by atoms with Crippen LogP contribution in [0.5, 0.6) is 0 Å². The zero-order valence-corrected chi connectivity index (χ0v) is 12.8. The molecule has 3 nitrogen and oxygen atoms in total. The molecule has 1 unspecified atom stereocenters. The van der Waals surface area contributed by atoms with Gasteiger partial charge in [0.2, 0.25) is 0 Å². The smallest absolute Gasteiger partial charge is 0.316 e. The van der Waals surface area contributed by atoms with Crippen LogP contribution in [0.15, 0.2) is 29.2 Å². The Kier molecular flexibility index (Phi) is 7.60. The Balaban J connectivity index is 2.54. The molecule has 0 bridgehead atoms. The third-order valence-corrected chi connectivity index (χ3v) is 3.69. The molecule has 0 spiro atoms. The Morgan fingerprint density at radius 2 is 2.21 bits per heavy atom. The fraction of sp³-hybridized carbons (Fsp3) is 0.533. The van der Waals surface area contributed by atoms with Gasteiger partial charge in [0, 0.05) is 10.9 Å². The van der Waals surface area contributed by atoms with E-state index in [0.717, 1.165) is 17.9 Å². The first-order chi connectivity index (χ1) is 9.17. The van der Waals surface area contributed by atoms with Crippen LogP contribution in [-0.4, -0.2) is 24.9 Å². The largest absolute Gasteiger partial charge is 0.465 e. The molecule has 0 radical (unpaired) electrons. The van der Waals surface area contributed by atoms with Crippen LogP contribution in [-0.2, 0) is 9.53 Å². The lowest BCUT2D eigenvalue weighted by atomic mass is 10.1. The van der Waals surface area contributed by atoms with Crippen molar-refractivity contribution in [1.29, 1.82) is 0 Å². The van der Waals surface area contributed by atoms with E-state index < -0.39 is 0 Å². The van der Waals surface area contributed by atoms with Gasteiger partial charge in [-0.2, -0.15) is 0 Å². The number of rotatable bonds is 8. The third-order valence-electron chi connectivity index (χ3n) is 2.72. The lowest BCUT2D eigenvalue weighted by Gasteiger charge is -2.14. The minimum absolute atomic E-state index is 0.157. The maximum Gasteiger partial charge on any atom is 0.316 e. The van der Waals surface area contributed by atoms with Crippen molar-refractivity contribution < 1.29 is 9.53 Å². The second kappa shape index (κ2) is 8.99. The van der Waals surface area contributed by atoms with Crippen molar-refractivity contribution in [3.8, 4) is 0 Å². The van der Waals surface area contributed by atoms with Crippen LogP contribution in [0.3, 0.4) is 0 Å². The highest BCUT2D eigenvalue weighted by atomic mass is 32.2. The highest BCUT2D eigenvalue weighted by Gasteiger charge is 2.07. The molecule has 106 valence electrons. The van der Waals surface area contributed by atoms with Gasteiger partial charge in [-0.05, 0) is 44.5 Å². The van der Waals surface area contributed by atoms with E-state index in [2.05, 4.69) is 31.3 Å². The average Bonchev–Trinajstić information content (AvgIpc) is 2.43. The normalized spacial score (nSPS) is 12.2. The van der Waals surface area contributed by atoms with Gasteiger partial charge < -0.3 is 10.1 Å². The fourth-order valence-corrected chi connectivity index (χ4v) is 2.46. The summed E-state index contributed by atoms with van der Waals surface area (Å²) in [5.41, 5.74) is 1.25. The van der Waals surface area contributed by atoms with E-state index in [1.54, 1.807) is 0 Å². The maximum atomic E-state index is 11.3. The molecular formula is C15H23NO2S. The summed E-state index contributed by atoms with van der Waals surface area (Å²) in [5, 5.41) is 3.46. The molecule has 0 heterocycles. The summed E-state index contributed by atoms with van der Waals surface area (Å²) in [6.07, 6.45) is 1.13. The molecule has 19 heavy (non-hydrogen) atoms. The van der Waals surface area contributed by atoms with Crippen LogP contribution in [0.1, 0.15) is 38.8 Å². The number of ether oxygens (including phenoxy) is 1. The van der Waals surface area contributed by atoms with Crippen LogP contribution in [0.25, 0.3) is 0 Å². The number of carbonyl (C=O) groups excluding carboxylic acids is 1. The molecule has 1 rings (SSSR count). The van der Waals surface area contributed by atoms with Gasteiger partial charge >= 0.3 is 5.97 Å². The number of hydrogen-bond donors (Lipinski definition) is 1. The van der Waals surface area contributed by atoms with Crippen molar-refractivity contribution in [1.82, 2.24) is 5.32 Å². The van der Waals surface area contributed by atoms with E-state index in [0.29, 0.717) is 18.4 Å². The quantitative estimate of drug-likeness (QED) is 0.585. The molecule has 0 fully saturated rings. The molecule has 1 N–H and O–H groups in total. The summed E-state index contributed by atoms with van der Waals surface area (Å²) in [6.45, 7) is 7.60. The molecule has 1 aromatic carbocycles. The predicted octanol–water partition coefficient (Wildman–Crippen LogP) is 3.40. The Bertz CT molecular complexity index is 395. The van der Waals surface area contributed by atoms with E-state index in [-0.39, 0.29) is 5.97 Å². The van der Waals surface area contributed by atoms with Crippen molar-refractivity contribution in [3.63, 3.8) is 0 Å². The Morgan fingerprint density at radius 1 is 1.42 bits per heavy atom. The number of esters is 1. The monoisotopic (exact) mass is 281 g/mol. The first-order valence-corrected chi connectivity index (χ1v) is 7.77. The number of nitrogens with one attached hydrogen (secondary N) is 1. The standard InChI is InChI=1S/C15H23NO2S/c1-4-9-16-12(3)13-7-6-8-14(10-13)19-11-15(17)18-5-2/h6-8,10,12,16H,4-5,9,11H2,1-3H3. The van der Waals surface area contributed by atoms with Crippen molar-refractivity contribution >= 4 is 17.7 Å². The summed E-state index contributed by atoms with van der Waals surface area (Å²) in [7, 11) is 0. The Labute approximate surface area is 120 Å². The van der Waals surface area contributed by atoms with Crippen molar-refractivity contribution in [3.05, 3.63) is 29.8 Å². The lowest BCUT2D eigenvalue weighted by molar-refractivity contribution is -0.139. The topological polar surface area (TPSA) is 38.3 Å². The summed E-state index contributed by atoms with van der Waals surface area (Å²) in [6, 6.07) is 8.65. The van der Waals surface area contributed by atoms with Crippen LogP contribution < -0.4 is 5.32 Å². The number of benzene rings is 1. The van der Waals surface area contributed by atoms with Gasteiger partial charge in [-0.1, -0.05) is 19.1 Å². The minimum atomic E-state index is -0.157. The van der Waals surface area contributed by atoms with Crippen LogP contribution in [0.2, 0.25) is 0 Å². The first-order valence-electron chi connectivity index (χ1n) is 6.79. The zero-order chi connectivity index (χ0) is 14.1. The summed E-state index contributed by atoms with van der Waals surface area (Å²) in [4.78, 5) is 12.4. The van der Waals surface area contributed by atoms with E-state index >= 15 is 0 Å². The molecule has 0 aromatic heterocycles. The van der Waals surface area contributed by atoms with E-state index in [9.17, 15) is 4.79 Å². The molecule has 0 aliphatic rings. The third kappa shape index (κ3) is 6.12. The van der Waals surface area contributed by atoms with Crippen molar-refractivity contribution in [2.75, 3.05) is 18.9 Å². The molecule has 0 aliphatic heterocycles. The molecule has 0 saturated carbocycles. The van der Waals surface area contributed by atoms with Gasteiger partial charge in [0.1, 0.15) is 0 Å². The molecule has 0 amide bonds. The summed E-state index contributed by atoms with van der Waals surface area (Å²) < 4.78 is 4.92. The summed E-state index contributed by atoms with van der Waals surface area (Å²) in [5.74, 6) is 0.212. The van der Waals surface area contributed by atoms with Gasteiger partial charge in [0.05, 0.1) is 12.4 Å². The fourth-order valence-electron chi connectivity index (χ4n) is 1.70. The van der Waals surface area contributed by atoms with Gasteiger partial charge in [0.15, 0.2) is 0 Å². The van der Waals surface area contributed by atoms with Crippen LogP contribution >= 0.6 is 11.8 Å². The minimum Gasteiger partial charge on any atom is -0.465 e. The van der Waals surface area contributed by atoms with Crippen molar-refractivity contribution in [2.24, 2.45) is 0 Å². The van der Waals surface area contributed by atoms with E-state index in [4.69, 9.17) is 4.74 Å². The van der Waals surface area contributed by atoms with E-state index in [1.165, 1.54) is 17.3 Å². The Hall–Kier alpha value is -1.00. The highest BCUT2D eigenvalue weighted by molar-refractivity contribution is 8.00. The highest BCUT2D eigenvalue weighted by Crippen LogP contribution is 2.22. The summed E-state index contributed by atoms with van der Waals surface area (Å²) >= 11 is 1.52.